The summed E-state index contributed by atoms with van der Waals surface area (Å²) in [5.41, 5.74) is 1.31. The second kappa shape index (κ2) is 7.47. The smallest absolute Gasteiger partial charge is 0.322 e. The van der Waals surface area contributed by atoms with E-state index in [4.69, 9.17) is 5.11 Å². The molecule has 3 N–H and O–H groups in total. The summed E-state index contributed by atoms with van der Waals surface area (Å²) in [4.78, 5) is 35.8. The Morgan fingerprint density at radius 2 is 1.97 bits per heavy atom. The highest BCUT2D eigenvalue weighted by molar-refractivity contribution is 6.48. The highest BCUT2D eigenvalue weighted by Crippen LogP contribution is 2.62. The van der Waals surface area contributed by atoms with Gasteiger partial charge in [0, 0.05) is 11.6 Å². The Morgan fingerprint density at radius 1 is 1.28 bits per heavy atom. The lowest BCUT2D eigenvalue weighted by Gasteiger charge is -2.58. The van der Waals surface area contributed by atoms with E-state index < -0.39 is 24.1 Å². The van der Waals surface area contributed by atoms with E-state index in [0.717, 1.165) is 31.8 Å². The molecule has 4 atom stereocenters. The number of carboxylic acid groups (broad SMARTS) is 1. The number of allylic oxidation sites excluding steroid dienone is 4. The molecule has 3 aliphatic rings. The maximum Gasteiger partial charge on any atom is 0.322 e. The molecule has 0 aromatic heterocycles. The molecule has 29 heavy (non-hydrogen) atoms. The average Bonchev–Trinajstić information content (AvgIpc) is 2.66. The minimum Gasteiger partial charge on any atom is -0.505 e. The molecule has 0 bridgehead atoms. The molecular weight excluding hydrogens is 370 g/mol. The van der Waals surface area contributed by atoms with Crippen LogP contribution in [0.5, 0.6) is 0 Å². The second-order valence-electron chi connectivity index (χ2n) is 9.38. The first-order valence-corrected chi connectivity index (χ1v) is 10.4. The number of carboxylic acids is 1. The number of aliphatic hydroxyl groups is 1. The number of aliphatic carboxylic acids is 1. The summed E-state index contributed by atoms with van der Waals surface area (Å²) in [7, 11) is 0. The molecule has 0 heterocycles. The van der Waals surface area contributed by atoms with Crippen LogP contribution in [0.1, 0.15) is 59.8 Å². The Morgan fingerprint density at radius 3 is 2.62 bits per heavy atom. The lowest BCUT2D eigenvalue weighted by molar-refractivity contribution is -0.135. The molecule has 0 saturated heterocycles. The van der Waals surface area contributed by atoms with Crippen molar-refractivity contribution in [1.82, 2.24) is 5.32 Å². The van der Waals surface area contributed by atoms with Gasteiger partial charge in [-0.15, -0.1) is 0 Å². The van der Waals surface area contributed by atoms with Gasteiger partial charge < -0.3 is 15.5 Å². The van der Waals surface area contributed by atoms with E-state index in [0.29, 0.717) is 18.3 Å². The molecule has 0 spiro atoms. The average molecular weight is 402 g/mol. The van der Waals surface area contributed by atoms with Crippen molar-refractivity contribution in [3.8, 4) is 0 Å². The topological polar surface area (TPSA) is 104 Å². The van der Waals surface area contributed by atoms with Crippen LogP contribution >= 0.6 is 0 Å². The van der Waals surface area contributed by atoms with Crippen LogP contribution in [0, 0.1) is 22.7 Å². The van der Waals surface area contributed by atoms with Crippen LogP contribution in [0.15, 0.2) is 34.8 Å². The summed E-state index contributed by atoms with van der Waals surface area (Å²) in [6.07, 6.45) is 7.75. The minimum absolute atomic E-state index is 0.0153. The molecule has 1 saturated carbocycles. The van der Waals surface area contributed by atoms with Crippen LogP contribution in [0.25, 0.3) is 0 Å². The van der Waals surface area contributed by atoms with Gasteiger partial charge in [0.2, 0.25) is 11.6 Å². The van der Waals surface area contributed by atoms with Gasteiger partial charge in [0.25, 0.3) is 0 Å². The van der Waals surface area contributed by atoms with Crippen LogP contribution in [0.2, 0.25) is 0 Å². The maximum absolute atomic E-state index is 12.7. The number of carbonyl (C=O) groups excluding carboxylic acids is 2. The molecule has 3 rings (SSSR count). The van der Waals surface area contributed by atoms with E-state index >= 15 is 0 Å². The highest BCUT2D eigenvalue weighted by Gasteiger charge is 2.54. The van der Waals surface area contributed by atoms with Gasteiger partial charge in [-0.05, 0) is 61.7 Å². The van der Waals surface area contributed by atoms with Crippen LogP contribution in [0.4, 0.5) is 0 Å². The van der Waals surface area contributed by atoms with Gasteiger partial charge >= 0.3 is 5.97 Å². The van der Waals surface area contributed by atoms with Gasteiger partial charge in [-0.3, -0.25) is 14.4 Å². The number of Topliss-reactive ketones (excluding diaryl/α,β-unsaturated/α-hetero) is 1. The number of aliphatic hydroxyl groups excluding tert-OH is 1. The first-order valence-electron chi connectivity index (χ1n) is 10.4. The van der Waals surface area contributed by atoms with Crippen molar-refractivity contribution in [2.75, 3.05) is 6.54 Å². The maximum atomic E-state index is 12.7. The number of rotatable bonds is 5. The predicted molar refractivity (Wildman–Crippen MR) is 109 cm³/mol. The summed E-state index contributed by atoms with van der Waals surface area (Å²) in [5, 5.41) is 22.2. The Balaban J connectivity index is 1.99. The summed E-state index contributed by atoms with van der Waals surface area (Å²) >= 11 is 0. The van der Waals surface area contributed by atoms with E-state index in [2.05, 4.69) is 39.1 Å². The van der Waals surface area contributed by atoms with E-state index in [9.17, 15) is 19.5 Å². The minimum atomic E-state index is -1.11. The third kappa shape index (κ3) is 3.53. The van der Waals surface area contributed by atoms with Crippen LogP contribution < -0.4 is 5.32 Å². The van der Waals surface area contributed by atoms with Crippen LogP contribution in [-0.4, -0.2) is 34.3 Å². The number of ketones is 2. The largest absolute Gasteiger partial charge is 0.505 e. The molecule has 0 aromatic rings. The normalized spacial score (nSPS) is 35.0. The van der Waals surface area contributed by atoms with Crippen molar-refractivity contribution >= 4 is 17.5 Å². The first kappa shape index (κ1) is 21.3. The third-order valence-electron chi connectivity index (χ3n) is 7.90. The van der Waals surface area contributed by atoms with Crippen molar-refractivity contribution in [2.24, 2.45) is 22.7 Å². The Kier molecular flexibility index (Phi) is 5.50. The number of nitrogens with one attached hydrogen (secondary N) is 1. The zero-order chi connectivity index (χ0) is 21.6. The number of carbonyl (C=O) groups is 3. The van der Waals surface area contributed by atoms with Crippen molar-refractivity contribution in [3.63, 3.8) is 0 Å². The number of hydrogen-bond acceptors (Lipinski definition) is 5. The predicted octanol–water partition coefficient (Wildman–Crippen LogP) is 3.70. The fraction of sp³-hybridized carbons (Fsp3) is 0.609. The standard InChI is InChI=1S/C23H31NO5/c1-13-6-5-7-18-22(13,3)9-8-14(2)23(18,4)11-15-20(28)16(24-12-19(26)27)10-17(25)21(15)29/h6,10,14,18,24,28H,5,7-9,11-12H2,1-4H3,(H,26,27). The van der Waals surface area contributed by atoms with E-state index in [1.54, 1.807) is 0 Å². The zero-order valence-corrected chi connectivity index (χ0v) is 17.7. The number of fused-ring (bicyclic) bond motifs is 1. The molecule has 1 fully saturated rings. The second-order valence-corrected chi connectivity index (χ2v) is 9.38. The molecule has 158 valence electrons. The molecule has 0 aromatic carbocycles. The molecular formula is C23H31NO5. The lowest BCUT2D eigenvalue weighted by atomic mass is 9.46. The quantitative estimate of drug-likeness (QED) is 0.369. The number of hydrogen-bond donors (Lipinski definition) is 3. The van der Waals surface area contributed by atoms with E-state index in [-0.39, 0.29) is 27.9 Å². The molecule has 4 unspecified atom stereocenters. The molecule has 0 amide bonds. The molecule has 6 heteroatoms. The third-order valence-corrected chi connectivity index (χ3v) is 7.90. The summed E-state index contributed by atoms with van der Waals surface area (Å²) < 4.78 is 0. The molecule has 6 nitrogen and oxygen atoms in total. The molecule has 0 radical (unpaired) electrons. The highest BCUT2D eigenvalue weighted by atomic mass is 16.4. The van der Waals surface area contributed by atoms with Crippen molar-refractivity contribution in [1.29, 1.82) is 0 Å². The molecule has 0 aliphatic heterocycles. The fourth-order valence-electron chi connectivity index (χ4n) is 5.74. The Bertz CT molecular complexity index is 851. The van der Waals surface area contributed by atoms with Crippen LogP contribution in [0.3, 0.4) is 0 Å². The SMILES string of the molecule is CC1=CCCC2C1(C)CCC(C)C2(C)CC1=C(O)C(NCC(=O)O)=CC(=O)C1=O. The van der Waals surface area contributed by atoms with Gasteiger partial charge in [-0.2, -0.15) is 0 Å². The van der Waals surface area contributed by atoms with Crippen molar-refractivity contribution < 1.29 is 24.6 Å². The zero-order valence-electron chi connectivity index (χ0n) is 17.7. The van der Waals surface area contributed by atoms with Crippen molar-refractivity contribution in [2.45, 2.75) is 59.8 Å². The first-order chi connectivity index (χ1) is 13.5. The van der Waals surface area contributed by atoms with E-state index in [1.165, 1.54) is 5.57 Å². The fourth-order valence-corrected chi connectivity index (χ4v) is 5.74. The summed E-state index contributed by atoms with van der Waals surface area (Å²) in [6, 6.07) is 0. The van der Waals surface area contributed by atoms with Gasteiger partial charge in [0.15, 0.2) is 0 Å². The van der Waals surface area contributed by atoms with Gasteiger partial charge in [-0.1, -0.05) is 32.4 Å². The Hall–Kier alpha value is -2.37. The lowest BCUT2D eigenvalue weighted by Crippen LogP contribution is -2.50. The van der Waals surface area contributed by atoms with Crippen molar-refractivity contribution in [3.05, 3.63) is 34.8 Å². The summed E-state index contributed by atoms with van der Waals surface area (Å²) in [6.45, 7) is 8.42. The Labute approximate surface area is 171 Å². The summed E-state index contributed by atoms with van der Waals surface area (Å²) in [5.74, 6) is -2.14. The monoisotopic (exact) mass is 401 g/mol. The van der Waals surface area contributed by atoms with Gasteiger partial charge in [0.1, 0.15) is 12.3 Å². The molecule has 3 aliphatic carbocycles. The van der Waals surface area contributed by atoms with Gasteiger partial charge in [0.05, 0.1) is 5.70 Å². The van der Waals surface area contributed by atoms with E-state index in [1.807, 2.05) is 0 Å². The van der Waals surface area contributed by atoms with Crippen LogP contribution in [-0.2, 0) is 14.4 Å². The van der Waals surface area contributed by atoms with Gasteiger partial charge in [-0.25, -0.2) is 0 Å².